The number of ether oxygens (including phenoxy) is 2. The number of hydrogen-bond donors (Lipinski definition) is 1. The third kappa shape index (κ3) is 2.93. The van der Waals surface area contributed by atoms with Crippen molar-refractivity contribution in [2.45, 2.75) is 6.10 Å². The van der Waals surface area contributed by atoms with Gasteiger partial charge in [0.05, 0.1) is 11.5 Å². The van der Waals surface area contributed by atoms with Crippen molar-refractivity contribution in [3.63, 3.8) is 0 Å². The van der Waals surface area contributed by atoms with E-state index in [0.717, 1.165) is 13.1 Å². The van der Waals surface area contributed by atoms with Crippen LogP contribution in [0.4, 0.5) is 5.69 Å². The van der Waals surface area contributed by atoms with Gasteiger partial charge >= 0.3 is 0 Å². The predicted octanol–water partition coefficient (Wildman–Crippen LogP) is 1.51. The minimum Gasteiger partial charge on any atom is -0.490 e. The molecular weight excluding hydrogens is 274 g/mol. The number of pyridine rings is 1. The lowest BCUT2D eigenvalue weighted by molar-refractivity contribution is -0.383. The Balaban J connectivity index is 1.85. The van der Waals surface area contributed by atoms with Crippen molar-refractivity contribution in [2.24, 2.45) is 0 Å². The molecule has 0 radical (unpaired) electrons. The number of hydrogen-bond acceptors (Lipinski definition) is 6. The molecular formula is C14H15N3O4. The van der Waals surface area contributed by atoms with E-state index in [1.54, 1.807) is 18.2 Å². The maximum absolute atomic E-state index is 11.0. The van der Waals surface area contributed by atoms with E-state index >= 15 is 0 Å². The molecule has 1 atom stereocenters. The minimum absolute atomic E-state index is 0.0133. The van der Waals surface area contributed by atoms with Crippen LogP contribution in [0.15, 0.2) is 30.5 Å². The number of nitro groups is 1. The molecule has 1 aliphatic heterocycles. The van der Waals surface area contributed by atoms with Crippen molar-refractivity contribution in [1.82, 2.24) is 10.3 Å². The van der Waals surface area contributed by atoms with Crippen LogP contribution in [0.2, 0.25) is 0 Å². The summed E-state index contributed by atoms with van der Waals surface area (Å²) in [5, 5.41) is 14.9. The molecule has 0 bridgehead atoms. The van der Waals surface area contributed by atoms with E-state index < -0.39 is 4.92 Å². The van der Waals surface area contributed by atoms with E-state index in [2.05, 4.69) is 10.3 Å². The molecule has 21 heavy (non-hydrogen) atoms. The van der Waals surface area contributed by atoms with Gasteiger partial charge in [-0.05, 0) is 18.2 Å². The normalized spacial score (nSPS) is 18.6. The number of benzene rings is 1. The molecule has 0 amide bonds. The molecule has 1 N–H and O–H groups in total. The first-order valence-corrected chi connectivity index (χ1v) is 6.73. The molecule has 3 rings (SSSR count). The average molecular weight is 289 g/mol. The number of nitro benzene ring substituents is 1. The molecule has 0 saturated carbocycles. The lowest BCUT2D eigenvalue weighted by Gasteiger charge is -2.23. The highest BCUT2D eigenvalue weighted by Gasteiger charge is 2.18. The summed E-state index contributed by atoms with van der Waals surface area (Å²) < 4.78 is 11.3. The molecule has 1 aromatic carbocycles. The standard InChI is InChI=1S/C14H15N3O4/c18-17(19)12-3-4-13(11-2-1-5-16-14(11)12)21-9-10-8-15-6-7-20-10/h1-5,10,15H,6-9H2. The summed E-state index contributed by atoms with van der Waals surface area (Å²) in [5.74, 6) is 0.581. The zero-order valence-electron chi connectivity index (χ0n) is 11.3. The van der Waals surface area contributed by atoms with Crippen LogP contribution in [-0.2, 0) is 4.74 Å². The fourth-order valence-corrected chi connectivity index (χ4v) is 2.31. The molecule has 2 aromatic rings. The third-order valence-corrected chi connectivity index (χ3v) is 3.33. The first-order valence-electron chi connectivity index (χ1n) is 6.73. The summed E-state index contributed by atoms with van der Waals surface area (Å²) in [4.78, 5) is 14.7. The zero-order chi connectivity index (χ0) is 14.7. The van der Waals surface area contributed by atoms with E-state index in [9.17, 15) is 10.1 Å². The highest BCUT2D eigenvalue weighted by Crippen LogP contribution is 2.31. The second kappa shape index (κ2) is 6.02. The predicted molar refractivity (Wildman–Crippen MR) is 76.5 cm³/mol. The van der Waals surface area contributed by atoms with Gasteiger partial charge in [-0.3, -0.25) is 10.1 Å². The Morgan fingerprint density at radius 3 is 3.14 bits per heavy atom. The third-order valence-electron chi connectivity index (χ3n) is 3.33. The number of morpholine rings is 1. The van der Waals surface area contributed by atoms with Crippen molar-refractivity contribution in [2.75, 3.05) is 26.3 Å². The smallest absolute Gasteiger partial charge is 0.295 e. The summed E-state index contributed by atoms with van der Waals surface area (Å²) in [5.41, 5.74) is 0.316. The van der Waals surface area contributed by atoms with Crippen molar-refractivity contribution in [3.05, 3.63) is 40.6 Å². The molecule has 0 aliphatic carbocycles. The van der Waals surface area contributed by atoms with Gasteiger partial charge in [-0.1, -0.05) is 0 Å². The largest absolute Gasteiger partial charge is 0.490 e. The molecule has 110 valence electrons. The number of rotatable bonds is 4. The van der Waals surface area contributed by atoms with E-state index in [4.69, 9.17) is 9.47 Å². The molecule has 7 nitrogen and oxygen atoms in total. The van der Waals surface area contributed by atoms with Crippen LogP contribution in [0.1, 0.15) is 0 Å². The van der Waals surface area contributed by atoms with Gasteiger partial charge in [0.1, 0.15) is 18.5 Å². The van der Waals surface area contributed by atoms with Crippen LogP contribution in [0, 0.1) is 10.1 Å². The van der Waals surface area contributed by atoms with Crippen LogP contribution >= 0.6 is 0 Å². The van der Waals surface area contributed by atoms with Crippen molar-refractivity contribution in [3.8, 4) is 5.75 Å². The number of nitrogens with one attached hydrogen (secondary N) is 1. The lowest BCUT2D eigenvalue weighted by atomic mass is 10.1. The molecule has 1 fully saturated rings. The SMILES string of the molecule is O=[N+]([O-])c1ccc(OCC2CNCCO2)c2cccnc12. The van der Waals surface area contributed by atoms with Gasteiger partial charge in [0, 0.05) is 30.7 Å². The molecule has 1 aliphatic rings. The summed E-state index contributed by atoms with van der Waals surface area (Å²) in [6.07, 6.45) is 1.52. The fraction of sp³-hybridized carbons (Fsp3) is 0.357. The highest BCUT2D eigenvalue weighted by molar-refractivity contribution is 5.91. The first kappa shape index (κ1) is 13.7. The highest BCUT2D eigenvalue weighted by atomic mass is 16.6. The number of aromatic nitrogens is 1. The van der Waals surface area contributed by atoms with Gasteiger partial charge in [0.25, 0.3) is 5.69 Å². The molecule has 1 aromatic heterocycles. The Morgan fingerprint density at radius 2 is 2.38 bits per heavy atom. The Kier molecular flexibility index (Phi) is 3.94. The summed E-state index contributed by atoms with van der Waals surface area (Å²) in [7, 11) is 0. The first-order chi connectivity index (χ1) is 10.3. The number of fused-ring (bicyclic) bond motifs is 1. The van der Waals surface area contributed by atoms with E-state index in [-0.39, 0.29) is 11.8 Å². The second-order valence-electron chi connectivity index (χ2n) is 4.75. The summed E-state index contributed by atoms with van der Waals surface area (Å²) in [6, 6.07) is 6.53. The number of nitrogens with zero attached hydrogens (tertiary/aromatic N) is 2. The van der Waals surface area contributed by atoms with Crippen molar-refractivity contribution < 1.29 is 14.4 Å². The number of non-ortho nitro benzene ring substituents is 1. The maximum Gasteiger partial charge on any atom is 0.295 e. The molecule has 7 heteroatoms. The molecule has 2 heterocycles. The Bertz CT molecular complexity index is 656. The fourth-order valence-electron chi connectivity index (χ4n) is 2.31. The Hall–Kier alpha value is -2.25. The van der Waals surface area contributed by atoms with Crippen LogP contribution in [0.3, 0.4) is 0 Å². The van der Waals surface area contributed by atoms with E-state index in [1.165, 1.54) is 12.3 Å². The topological polar surface area (TPSA) is 86.5 Å². The molecule has 1 saturated heterocycles. The Morgan fingerprint density at radius 1 is 1.48 bits per heavy atom. The lowest BCUT2D eigenvalue weighted by Crippen LogP contribution is -2.41. The Labute approximate surface area is 121 Å². The summed E-state index contributed by atoms with van der Waals surface area (Å²) >= 11 is 0. The minimum atomic E-state index is -0.437. The quantitative estimate of drug-likeness (QED) is 0.678. The van der Waals surface area contributed by atoms with Gasteiger partial charge in [0.15, 0.2) is 5.52 Å². The van der Waals surface area contributed by atoms with Gasteiger partial charge in [-0.2, -0.15) is 0 Å². The van der Waals surface area contributed by atoms with E-state index in [0.29, 0.717) is 29.9 Å². The monoisotopic (exact) mass is 289 g/mol. The van der Waals surface area contributed by atoms with E-state index in [1.807, 2.05) is 0 Å². The van der Waals surface area contributed by atoms with Crippen LogP contribution < -0.4 is 10.1 Å². The van der Waals surface area contributed by atoms with Gasteiger partial charge in [0.2, 0.25) is 0 Å². The zero-order valence-corrected chi connectivity index (χ0v) is 11.3. The second-order valence-corrected chi connectivity index (χ2v) is 4.75. The average Bonchev–Trinajstić information content (AvgIpc) is 2.53. The molecule has 0 spiro atoms. The van der Waals surface area contributed by atoms with Crippen molar-refractivity contribution in [1.29, 1.82) is 0 Å². The van der Waals surface area contributed by atoms with Gasteiger partial charge in [-0.15, -0.1) is 0 Å². The van der Waals surface area contributed by atoms with Crippen molar-refractivity contribution >= 4 is 16.6 Å². The van der Waals surface area contributed by atoms with Crippen LogP contribution in [-0.4, -0.2) is 42.3 Å². The molecule has 1 unspecified atom stereocenters. The van der Waals surface area contributed by atoms with Crippen LogP contribution in [0.5, 0.6) is 5.75 Å². The van der Waals surface area contributed by atoms with Gasteiger partial charge in [-0.25, -0.2) is 4.98 Å². The van der Waals surface area contributed by atoms with Crippen LogP contribution in [0.25, 0.3) is 10.9 Å². The van der Waals surface area contributed by atoms with Gasteiger partial charge < -0.3 is 14.8 Å². The summed E-state index contributed by atoms with van der Waals surface area (Å²) in [6.45, 7) is 2.65. The maximum atomic E-state index is 11.0.